The second-order valence-electron chi connectivity index (χ2n) is 3.64. The van der Waals surface area contributed by atoms with Gasteiger partial charge in [0, 0.05) is 5.41 Å². The summed E-state index contributed by atoms with van der Waals surface area (Å²) in [6, 6.07) is 0. The Labute approximate surface area is 88.8 Å². The van der Waals surface area contributed by atoms with E-state index in [0.29, 0.717) is 0 Å². The van der Waals surface area contributed by atoms with Gasteiger partial charge in [0.15, 0.2) is 5.78 Å². The zero-order valence-corrected chi connectivity index (χ0v) is 10.2. The first-order valence-corrected chi connectivity index (χ1v) is 5.60. The number of hydrogen-bond donors (Lipinski definition) is 0. The van der Waals surface area contributed by atoms with Crippen molar-refractivity contribution in [1.82, 2.24) is 0 Å². The van der Waals surface area contributed by atoms with Crippen LogP contribution in [0.5, 0.6) is 0 Å². The highest BCUT2D eigenvalue weighted by molar-refractivity contribution is 14.1. The van der Waals surface area contributed by atoms with Crippen molar-refractivity contribution in [3.63, 3.8) is 0 Å². The smallest absolute Gasteiger partial charge is 0.161 e. The number of hydrogen-bond acceptors (Lipinski definition) is 1. The Morgan fingerprint density at radius 1 is 1.50 bits per heavy atom. The van der Waals surface area contributed by atoms with E-state index >= 15 is 0 Å². The molecule has 0 radical (unpaired) electrons. The number of allylic oxidation sites excluding steroid dienone is 1. The van der Waals surface area contributed by atoms with Crippen LogP contribution in [0.3, 0.4) is 0 Å². The Hall–Kier alpha value is 0.140. The SMILES string of the molecule is CCCCC(C)(C)C(=O)/C=C/I. The van der Waals surface area contributed by atoms with Crippen LogP contribution in [-0.4, -0.2) is 5.78 Å². The molecule has 0 bridgehead atoms. The Kier molecular flexibility index (Phi) is 5.80. The molecule has 0 amide bonds. The Balaban J connectivity index is 4.09. The highest BCUT2D eigenvalue weighted by Crippen LogP contribution is 2.24. The first kappa shape index (κ1) is 12.1. The molecule has 0 unspecified atom stereocenters. The van der Waals surface area contributed by atoms with Gasteiger partial charge in [0.1, 0.15) is 0 Å². The van der Waals surface area contributed by atoms with Crippen LogP contribution in [0.2, 0.25) is 0 Å². The summed E-state index contributed by atoms with van der Waals surface area (Å²) in [7, 11) is 0. The van der Waals surface area contributed by atoms with E-state index in [0.717, 1.165) is 19.3 Å². The second kappa shape index (κ2) is 5.73. The van der Waals surface area contributed by atoms with Crippen molar-refractivity contribution in [2.45, 2.75) is 40.0 Å². The second-order valence-corrected chi connectivity index (χ2v) is 4.36. The van der Waals surface area contributed by atoms with Crippen molar-refractivity contribution in [3.8, 4) is 0 Å². The minimum Gasteiger partial charge on any atom is -0.294 e. The monoisotopic (exact) mass is 280 g/mol. The van der Waals surface area contributed by atoms with E-state index < -0.39 is 0 Å². The predicted molar refractivity (Wildman–Crippen MR) is 61.5 cm³/mol. The first-order valence-electron chi connectivity index (χ1n) is 4.36. The summed E-state index contributed by atoms with van der Waals surface area (Å²) in [5, 5.41) is 0. The maximum atomic E-state index is 11.5. The zero-order valence-electron chi connectivity index (χ0n) is 8.06. The molecule has 0 aromatic heterocycles. The van der Waals surface area contributed by atoms with Crippen molar-refractivity contribution in [2.75, 3.05) is 0 Å². The van der Waals surface area contributed by atoms with Crippen molar-refractivity contribution in [1.29, 1.82) is 0 Å². The molecule has 0 atom stereocenters. The molecule has 0 heterocycles. The van der Waals surface area contributed by atoms with Gasteiger partial charge in [-0.25, -0.2) is 0 Å². The molecule has 70 valence electrons. The van der Waals surface area contributed by atoms with Gasteiger partial charge in [-0.15, -0.1) is 0 Å². The van der Waals surface area contributed by atoms with Crippen LogP contribution in [0.25, 0.3) is 0 Å². The predicted octanol–water partition coefficient (Wildman–Crippen LogP) is 3.72. The maximum Gasteiger partial charge on any atom is 0.161 e. The summed E-state index contributed by atoms with van der Waals surface area (Å²) in [5.41, 5.74) is -0.169. The van der Waals surface area contributed by atoms with Crippen LogP contribution in [-0.2, 0) is 4.79 Å². The molecule has 0 aliphatic carbocycles. The molecule has 1 nitrogen and oxygen atoms in total. The molecular weight excluding hydrogens is 263 g/mol. The molecule has 0 saturated heterocycles. The Morgan fingerprint density at radius 3 is 2.50 bits per heavy atom. The highest BCUT2D eigenvalue weighted by atomic mass is 127. The van der Waals surface area contributed by atoms with Crippen molar-refractivity contribution >= 4 is 28.4 Å². The molecule has 0 rings (SSSR count). The summed E-state index contributed by atoms with van der Waals surface area (Å²) in [6.07, 6.45) is 4.94. The molecule has 0 aliphatic rings. The topological polar surface area (TPSA) is 17.1 Å². The fourth-order valence-electron chi connectivity index (χ4n) is 1.02. The van der Waals surface area contributed by atoms with Gasteiger partial charge in [0.05, 0.1) is 0 Å². The molecule has 0 N–H and O–H groups in total. The number of halogens is 1. The average Bonchev–Trinajstić information content (AvgIpc) is 2.01. The van der Waals surface area contributed by atoms with Gasteiger partial charge in [0.25, 0.3) is 0 Å². The fraction of sp³-hybridized carbons (Fsp3) is 0.700. The zero-order chi connectivity index (χ0) is 9.61. The van der Waals surface area contributed by atoms with E-state index in [9.17, 15) is 4.79 Å². The van der Waals surface area contributed by atoms with Crippen LogP contribution in [0.15, 0.2) is 10.2 Å². The van der Waals surface area contributed by atoms with Crippen LogP contribution in [0.4, 0.5) is 0 Å². The fourth-order valence-corrected chi connectivity index (χ4v) is 1.35. The summed E-state index contributed by atoms with van der Waals surface area (Å²) in [6.45, 7) is 6.18. The summed E-state index contributed by atoms with van der Waals surface area (Å²) >= 11 is 2.08. The van der Waals surface area contributed by atoms with Crippen LogP contribution in [0.1, 0.15) is 40.0 Å². The minimum absolute atomic E-state index is 0.169. The van der Waals surface area contributed by atoms with E-state index in [-0.39, 0.29) is 11.2 Å². The molecule has 0 aliphatic heterocycles. The summed E-state index contributed by atoms with van der Waals surface area (Å²) in [4.78, 5) is 11.5. The van der Waals surface area contributed by atoms with Gasteiger partial charge in [-0.2, -0.15) is 0 Å². The number of unbranched alkanes of at least 4 members (excludes halogenated alkanes) is 1. The van der Waals surface area contributed by atoms with Crippen LogP contribution >= 0.6 is 22.6 Å². The first-order chi connectivity index (χ1) is 5.54. The largest absolute Gasteiger partial charge is 0.294 e. The van der Waals surface area contributed by atoms with E-state index in [1.165, 1.54) is 0 Å². The van der Waals surface area contributed by atoms with Crippen molar-refractivity contribution in [3.05, 3.63) is 10.2 Å². The van der Waals surface area contributed by atoms with Crippen molar-refractivity contribution in [2.24, 2.45) is 5.41 Å². The highest BCUT2D eigenvalue weighted by Gasteiger charge is 2.23. The van der Waals surface area contributed by atoms with E-state index in [4.69, 9.17) is 0 Å². The van der Waals surface area contributed by atoms with E-state index in [1.54, 1.807) is 10.2 Å². The molecule has 12 heavy (non-hydrogen) atoms. The summed E-state index contributed by atoms with van der Waals surface area (Å²) < 4.78 is 1.79. The lowest BCUT2D eigenvalue weighted by molar-refractivity contribution is -0.122. The Bertz CT molecular complexity index is 171. The molecular formula is C10H17IO. The third kappa shape index (κ3) is 4.24. The normalized spacial score (nSPS) is 12.3. The molecule has 0 spiro atoms. The lowest BCUT2D eigenvalue weighted by Crippen LogP contribution is -2.21. The quantitative estimate of drug-likeness (QED) is 0.554. The number of carbonyl (C=O) groups excluding carboxylic acids is 1. The third-order valence-corrected chi connectivity index (χ3v) is 2.40. The van der Waals surface area contributed by atoms with Gasteiger partial charge < -0.3 is 0 Å². The van der Waals surface area contributed by atoms with Gasteiger partial charge in [-0.3, -0.25) is 4.79 Å². The Morgan fingerprint density at radius 2 is 2.08 bits per heavy atom. The minimum atomic E-state index is -0.169. The molecule has 0 aromatic carbocycles. The van der Waals surface area contributed by atoms with E-state index in [2.05, 4.69) is 29.5 Å². The molecule has 2 heteroatoms. The van der Waals surface area contributed by atoms with Gasteiger partial charge >= 0.3 is 0 Å². The maximum absolute atomic E-state index is 11.5. The number of rotatable bonds is 5. The van der Waals surface area contributed by atoms with Gasteiger partial charge in [-0.05, 0) is 16.6 Å². The third-order valence-electron chi connectivity index (χ3n) is 2.04. The van der Waals surface area contributed by atoms with Crippen molar-refractivity contribution < 1.29 is 4.79 Å². The average molecular weight is 280 g/mol. The number of ketones is 1. The standard InChI is InChI=1S/C10H17IO/c1-4-5-7-10(2,3)9(12)6-8-11/h6,8H,4-5,7H2,1-3H3/b8-6+. The lowest BCUT2D eigenvalue weighted by Gasteiger charge is -2.20. The summed E-state index contributed by atoms with van der Waals surface area (Å²) in [5.74, 6) is 0.241. The van der Waals surface area contributed by atoms with Gasteiger partial charge in [-0.1, -0.05) is 56.2 Å². The lowest BCUT2D eigenvalue weighted by atomic mass is 9.83. The number of carbonyl (C=O) groups is 1. The van der Waals surface area contributed by atoms with Crippen LogP contribution < -0.4 is 0 Å². The molecule has 0 aromatic rings. The van der Waals surface area contributed by atoms with Crippen LogP contribution in [0, 0.1) is 5.41 Å². The molecule has 0 saturated carbocycles. The van der Waals surface area contributed by atoms with E-state index in [1.807, 2.05) is 13.8 Å². The molecule has 0 fully saturated rings. The van der Waals surface area contributed by atoms with Gasteiger partial charge in [0.2, 0.25) is 0 Å².